The number of hydrogen-bond acceptors (Lipinski definition) is 3. The molecule has 1 aliphatic heterocycles. The van der Waals surface area contributed by atoms with Gasteiger partial charge in [-0.1, -0.05) is 29.8 Å². The van der Waals surface area contributed by atoms with Crippen molar-refractivity contribution >= 4 is 29.5 Å². The molecule has 176 valence electrons. The molecule has 0 aromatic heterocycles. The minimum Gasteiger partial charge on any atom is -0.343 e. The molecule has 2 aromatic carbocycles. The van der Waals surface area contributed by atoms with Crippen LogP contribution in [0.15, 0.2) is 48.5 Å². The van der Waals surface area contributed by atoms with Crippen LogP contribution in [0.1, 0.15) is 29.7 Å². The van der Waals surface area contributed by atoms with Crippen molar-refractivity contribution in [1.29, 1.82) is 0 Å². The van der Waals surface area contributed by atoms with Crippen LogP contribution in [0.2, 0.25) is 5.02 Å². The molecule has 1 saturated heterocycles. The summed E-state index contributed by atoms with van der Waals surface area (Å²) in [5.74, 6) is -2.08. The molecule has 2 amide bonds. The van der Waals surface area contributed by atoms with Crippen molar-refractivity contribution in [2.75, 3.05) is 19.6 Å². The predicted octanol–water partition coefficient (Wildman–Crippen LogP) is 4.19. The van der Waals surface area contributed by atoms with Crippen molar-refractivity contribution in [1.82, 2.24) is 15.5 Å². The van der Waals surface area contributed by atoms with Gasteiger partial charge in [-0.15, -0.1) is 0 Å². The van der Waals surface area contributed by atoms with Crippen LogP contribution in [-0.4, -0.2) is 42.4 Å². The normalized spacial score (nSPS) is 19.0. The summed E-state index contributed by atoms with van der Waals surface area (Å²) < 4.78 is 51.8. The lowest BCUT2D eigenvalue weighted by Crippen LogP contribution is -2.55. The van der Waals surface area contributed by atoms with E-state index in [1.807, 2.05) is 19.1 Å². The molecular weight excluding hydrogens is 462 g/mol. The van der Waals surface area contributed by atoms with Crippen molar-refractivity contribution in [2.24, 2.45) is 0 Å². The summed E-state index contributed by atoms with van der Waals surface area (Å²) in [5, 5.41) is 6.34. The van der Waals surface area contributed by atoms with Gasteiger partial charge in [0.1, 0.15) is 5.82 Å². The van der Waals surface area contributed by atoms with Gasteiger partial charge in [0.15, 0.2) is 0 Å². The second kappa shape index (κ2) is 10.4. The first-order chi connectivity index (χ1) is 15.5. The maximum absolute atomic E-state index is 13.9. The third-order valence-electron chi connectivity index (χ3n) is 5.24. The van der Waals surface area contributed by atoms with E-state index in [0.717, 1.165) is 29.8 Å². The molecular formula is C23H22ClF4N3O2. The predicted molar refractivity (Wildman–Crippen MR) is 117 cm³/mol. The zero-order valence-corrected chi connectivity index (χ0v) is 18.4. The Bertz CT molecular complexity index is 1040. The fourth-order valence-corrected chi connectivity index (χ4v) is 3.62. The third kappa shape index (κ3) is 6.55. The van der Waals surface area contributed by atoms with Crippen molar-refractivity contribution in [3.05, 3.63) is 76.1 Å². The van der Waals surface area contributed by atoms with Crippen LogP contribution in [0.25, 0.3) is 6.08 Å². The molecule has 0 aliphatic carbocycles. The van der Waals surface area contributed by atoms with Gasteiger partial charge in [0.2, 0.25) is 11.8 Å². The lowest BCUT2D eigenvalue weighted by molar-refractivity contribution is -0.137. The van der Waals surface area contributed by atoms with Crippen molar-refractivity contribution in [3.63, 3.8) is 0 Å². The molecule has 0 spiro atoms. The highest BCUT2D eigenvalue weighted by molar-refractivity contribution is 6.30. The van der Waals surface area contributed by atoms with Crippen molar-refractivity contribution in [3.8, 4) is 0 Å². The Labute approximate surface area is 193 Å². The highest BCUT2D eigenvalue weighted by Crippen LogP contribution is 2.30. The number of piperazine rings is 1. The standard InChI is InChI=1S/C23H22ClF4N3O2/c1-14-13-31(20(11-29-14)16-3-7-18(24)8-4-16)22(33)12-30-21(32)9-5-15-2-6-17(10-19(15)25)23(26,27)28/h2-10,14,20,29H,11-13H2,1H3,(H,30,32)/b9-5+/t14-,20-/m1/s1. The summed E-state index contributed by atoms with van der Waals surface area (Å²) in [7, 11) is 0. The summed E-state index contributed by atoms with van der Waals surface area (Å²) in [6.45, 7) is 2.64. The van der Waals surface area contributed by atoms with E-state index in [9.17, 15) is 27.2 Å². The Morgan fingerprint density at radius 3 is 2.55 bits per heavy atom. The first kappa shape index (κ1) is 24.7. The Balaban J connectivity index is 1.61. The average molecular weight is 484 g/mol. The summed E-state index contributed by atoms with van der Waals surface area (Å²) in [4.78, 5) is 26.6. The second-order valence-corrected chi connectivity index (χ2v) is 8.14. The zero-order chi connectivity index (χ0) is 24.2. The number of alkyl halides is 3. The largest absolute Gasteiger partial charge is 0.416 e. The van der Waals surface area contributed by atoms with E-state index in [1.54, 1.807) is 17.0 Å². The van der Waals surface area contributed by atoms with Crippen molar-refractivity contribution in [2.45, 2.75) is 25.2 Å². The molecule has 10 heteroatoms. The summed E-state index contributed by atoms with van der Waals surface area (Å²) in [5.41, 5.74) is -0.396. The third-order valence-corrected chi connectivity index (χ3v) is 5.49. The molecule has 0 bridgehead atoms. The minimum atomic E-state index is -4.66. The number of nitrogens with zero attached hydrogens (tertiary/aromatic N) is 1. The van der Waals surface area contributed by atoms with E-state index in [2.05, 4.69) is 10.6 Å². The lowest BCUT2D eigenvalue weighted by Gasteiger charge is -2.39. The molecule has 2 N–H and O–H groups in total. The SMILES string of the molecule is C[C@@H]1CN(C(=O)CNC(=O)/C=C/c2ccc(C(F)(F)F)cc2F)[C@@H](c2ccc(Cl)cc2)CN1. The maximum Gasteiger partial charge on any atom is 0.416 e. The van der Waals surface area contributed by atoms with Gasteiger partial charge in [-0.25, -0.2) is 4.39 Å². The van der Waals surface area contributed by atoms with Gasteiger partial charge in [-0.05, 0) is 42.8 Å². The maximum atomic E-state index is 13.9. The number of carbonyl (C=O) groups excluding carboxylic acids is 2. The Hall–Kier alpha value is -2.91. The Morgan fingerprint density at radius 2 is 1.91 bits per heavy atom. The van der Waals surface area contributed by atoms with E-state index in [4.69, 9.17) is 11.6 Å². The highest BCUT2D eigenvalue weighted by atomic mass is 35.5. The van der Waals surface area contributed by atoms with Crippen LogP contribution in [-0.2, 0) is 15.8 Å². The Morgan fingerprint density at radius 1 is 1.21 bits per heavy atom. The first-order valence-electron chi connectivity index (χ1n) is 10.2. The number of rotatable bonds is 5. The van der Waals surface area contributed by atoms with E-state index < -0.39 is 23.5 Å². The number of halogens is 5. The second-order valence-electron chi connectivity index (χ2n) is 7.71. The van der Waals surface area contributed by atoms with Gasteiger partial charge in [-0.3, -0.25) is 9.59 Å². The van der Waals surface area contributed by atoms with Gasteiger partial charge in [-0.2, -0.15) is 13.2 Å². The van der Waals surface area contributed by atoms with Crippen LogP contribution >= 0.6 is 11.6 Å². The number of amides is 2. The summed E-state index contributed by atoms with van der Waals surface area (Å²) in [6.07, 6.45) is -2.64. The number of hydrogen-bond donors (Lipinski definition) is 2. The molecule has 2 atom stereocenters. The average Bonchev–Trinajstić information content (AvgIpc) is 2.76. The molecule has 2 aromatic rings. The quantitative estimate of drug-likeness (QED) is 0.495. The van der Waals surface area contributed by atoms with Crippen LogP contribution in [0.3, 0.4) is 0 Å². The van der Waals surface area contributed by atoms with Crippen LogP contribution in [0.4, 0.5) is 17.6 Å². The smallest absolute Gasteiger partial charge is 0.343 e. The summed E-state index contributed by atoms with van der Waals surface area (Å²) in [6, 6.07) is 9.02. The van der Waals surface area contributed by atoms with E-state index in [0.29, 0.717) is 24.2 Å². The lowest BCUT2D eigenvalue weighted by atomic mass is 10.0. The number of carbonyl (C=O) groups is 2. The van der Waals surface area contributed by atoms with Crippen LogP contribution in [0.5, 0.6) is 0 Å². The topological polar surface area (TPSA) is 61.4 Å². The molecule has 1 aliphatic rings. The van der Waals surface area contributed by atoms with E-state index in [-0.39, 0.29) is 30.1 Å². The monoisotopic (exact) mass is 483 g/mol. The van der Waals surface area contributed by atoms with Gasteiger partial charge in [0, 0.05) is 35.8 Å². The molecule has 1 heterocycles. The van der Waals surface area contributed by atoms with Gasteiger partial charge >= 0.3 is 6.18 Å². The molecule has 0 radical (unpaired) electrons. The van der Waals surface area contributed by atoms with Crippen LogP contribution in [0, 0.1) is 5.82 Å². The molecule has 0 saturated carbocycles. The van der Waals surface area contributed by atoms with Gasteiger partial charge in [0.25, 0.3) is 0 Å². The van der Waals surface area contributed by atoms with E-state index in [1.165, 1.54) is 0 Å². The van der Waals surface area contributed by atoms with Crippen molar-refractivity contribution < 1.29 is 27.2 Å². The summed E-state index contributed by atoms with van der Waals surface area (Å²) >= 11 is 5.95. The van der Waals surface area contributed by atoms with Gasteiger partial charge in [0.05, 0.1) is 18.2 Å². The molecule has 5 nitrogen and oxygen atoms in total. The van der Waals surface area contributed by atoms with Gasteiger partial charge < -0.3 is 15.5 Å². The van der Waals surface area contributed by atoms with Crippen LogP contribution < -0.4 is 10.6 Å². The first-order valence-corrected chi connectivity index (χ1v) is 10.5. The minimum absolute atomic E-state index is 0.0655. The molecule has 3 rings (SSSR count). The molecule has 1 fully saturated rings. The fourth-order valence-electron chi connectivity index (χ4n) is 3.50. The molecule has 0 unspecified atom stereocenters. The van der Waals surface area contributed by atoms with E-state index >= 15 is 0 Å². The Kier molecular flexibility index (Phi) is 7.76. The number of nitrogens with one attached hydrogen (secondary N) is 2. The fraction of sp³-hybridized carbons (Fsp3) is 0.304. The number of benzene rings is 2. The molecule has 33 heavy (non-hydrogen) atoms. The highest BCUT2D eigenvalue weighted by Gasteiger charge is 2.31. The zero-order valence-electron chi connectivity index (χ0n) is 17.6.